The molecule has 0 spiro atoms. The molecule has 4 N–H and O–H groups in total. The highest BCUT2D eigenvalue weighted by molar-refractivity contribution is 7.12. The fourth-order valence-corrected chi connectivity index (χ4v) is 2.00. The Morgan fingerprint density at radius 2 is 2.06 bits per heavy atom. The third kappa shape index (κ3) is 3.56. The molecule has 1 aromatic carbocycles. The van der Waals surface area contributed by atoms with Gasteiger partial charge in [-0.05, 0) is 29.1 Å². The molecule has 0 aliphatic carbocycles. The zero-order valence-corrected chi connectivity index (χ0v) is 10.8. The molecular formula is C12H14ClN3S. The topological polar surface area (TPSA) is 64.4 Å². The SMILES string of the molecule is Cl.NCc1cccc(N=C(N)c2cccs2)c1. The van der Waals surface area contributed by atoms with E-state index >= 15 is 0 Å². The van der Waals surface area contributed by atoms with Crippen molar-refractivity contribution in [1.82, 2.24) is 0 Å². The average Bonchev–Trinajstić information content (AvgIpc) is 2.83. The van der Waals surface area contributed by atoms with E-state index in [0.29, 0.717) is 12.4 Å². The summed E-state index contributed by atoms with van der Waals surface area (Å²) < 4.78 is 0. The van der Waals surface area contributed by atoms with Gasteiger partial charge in [-0.1, -0.05) is 18.2 Å². The van der Waals surface area contributed by atoms with E-state index in [1.54, 1.807) is 11.3 Å². The van der Waals surface area contributed by atoms with Gasteiger partial charge in [0.15, 0.2) is 0 Å². The fourth-order valence-electron chi connectivity index (χ4n) is 1.37. The number of nitrogens with two attached hydrogens (primary N) is 2. The molecule has 5 heteroatoms. The van der Waals surface area contributed by atoms with E-state index in [1.807, 2.05) is 41.8 Å². The summed E-state index contributed by atoms with van der Waals surface area (Å²) in [6, 6.07) is 11.7. The van der Waals surface area contributed by atoms with Gasteiger partial charge in [0.25, 0.3) is 0 Å². The molecule has 0 saturated heterocycles. The van der Waals surface area contributed by atoms with Crippen molar-refractivity contribution in [2.24, 2.45) is 16.5 Å². The largest absolute Gasteiger partial charge is 0.383 e. The highest BCUT2D eigenvalue weighted by atomic mass is 35.5. The van der Waals surface area contributed by atoms with E-state index < -0.39 is 0 Å². The van der Waals surface area contributed by atoms with Gasteiger partial charge in [0.1, 0.15) is 5.84 Å². The second-order valence-electron chi connectivity index (χ2n) is 3.35. The molecule has 0 aliphatic rings. The molecule has 0 saturated carbocycles. The number of thiophene rings is 1. The van der Waals surface area contributed by atoms with Crippen LogP contribution in [-0.4, -0.2) is 5.84 Å². The van der Waals surface area contributed by atoms with Crippen molar-refractivity contribution >= 4 is 35.3 Å². The van der Waals surface area contributed by atoms with Crippen LogP contribution in [0.15, 0.2) is 46.8 Å². The lowest BCUT2D eigenvalue weighted by atomic mass is 10.2. The second-order valence-corrected chi connectivity index (χ2v) is 4.30. The summed E-state index contributed by atoms with van der Waals surface area (Å²) in [5.41, 5.74) is 13.4. The van der Waals surface area contributed by atoms with Crippen molar-refractivity contribution in [2.75, 3.05) is 0 Å². The minimum atomic E-state index is 0. The third-order valence-electron chi connectivity index (χ3n) is 2.17. The summed E-state index contributed by atoms with van der Waals surface area (Å²) in [5.74, 6) is 0.546. The highest BCUT2D eigenvalue weighted by Crippen LogP contribution is 2.16. The van der Waals surface area contributed by atoms with Crippen molar-refractivity contribution in [3.63, 3.8) is 0 Å². The normalized spacial score (nSPS) is 11.0. The third-order valence-corrected chi connectivity index (χ3v) is 3.06. The van der Waals surface area contributed by atoms with Gasteiger partial charge in [-0.25, -0.2) is 4.99 Å². The van der Waals surface area contributed by atoms with Gasteiger partial charge >= 0.3 is 0 Å². The Bertz CT molecular complexity index is 494. The Kier molecular flexibility index (Phi) is 5.15. The van der Waals surface area contributed by atoms with Crippen LogP contribution in [0, 0.1) is 0 Å². The molecule has 0 atom stereocenters. The molecule has 1 heterocycles. The number of halogens is 1. The first-order chi connectivity index (χ1) is 7.79. The Hall–Kier alpha value is -1.36. The molecule has 0 bridgehead atoms. The predicted molar refractivity (Wildman–Crippen MR) is 76.3 cm³/mol. The van der Waals surface area contributed by atoms with Gasteiger partial charge < -0.3 is 11.5 Å². The minimum Gasteiger partial charge on any atom is -0.383 e. The summed E-state index contributed by atoms with van der Waals surface area (Å²) >= 11 is 1.58. The molecule has 0 unspecified atom stereocenters. The predicted octanol–water partition coefficient (Wildman–Crippen LogP) is 2.67. The first kappa shape index (κ1) is 13.7. The molecule has 0 radical (unpaired) electrons. The van der Waals surface area contributed by atoms with Gasteiger partial charge in [-0.3, -0.25) is 0 Å². The zero-order chi connectivity index (χ0) is 11.4. The molecule has 3 nitrogen and oxygen atoms in total. The maximum absolute atomic E-state index is 5.89. The van der Waals surface area contributed by atoms with Crippen LogP contribution in [0.5, 0.6) is 0 Å². The highest BCUT2D eigenvalue weighted by Gasteiger charge is 1.99. The second kappa shape index (κ2) is 6.39. The number of hydrogen-bond donors (Lipinski definition) is 2. The van der Waals surface area contributed by atoms with Gasteiger partial charge in [-0.15, -0.1) is 23.7 Å². The molecular weight excluding hydrogens is 254 g/mol. The zero-order valence-electron chi connectivity index (χ0n) is 9.17. The van der Waals surface area contributed by atoms with E-state index in [1.165, 1.54) is 0 Å². The lowest BCUT2D eigenvalue weighted by molar-refractivity contribution is 1.07. The molecule has 2 aromatic rings. The summed E-state index contributed by atoms with van der Waals surface area (Å²) in [7, 11) is 0. The number of amidine groups is 1. The Morgan fingerprint density at radius 3 is 2.71 bits per heavy atom. The molecule has 90 valence electrons. The Labute approximate surface area is 111 Å². The van der Waals surface area contributed by atoms with E-state index in [9.17, 15) is 0 Å². The monoisotopic (exact) mass is 267 g/mol. The Morgan fingerprint density at radius 1 is 1.24 bits per heavy atom. The van der Waals surface area contributed by atoms with Crippen LogP contribution in [0.3, 0.4) is 0 Å². The minimum absolute atomic E-state index is 0. The Balaban J connectivity index is 0.00000144. The van der Waals surface area contributed by atoms with E-state index in [0.717, 1.165) is 16.1 Å². The van der Waals surface area contributed by atoms with E-state index in [4.69, 9.17) is 11.5 Å². The van der Waals surface area contributed by atoms with Crippen LogP contribution >= 0.6 is 23.7 Å². The molecule has 2 rings (SSSR count). The average molecular weight is 268 g/mol. The van der Waals surface area contributed by atoms with Crippen molar-refractivity contribution < 1.29 is 0 Å². The number of benzene rings is 1. The first-order valence-corrected chi connectivity index (χ1v) is 5.84. The number of nitrogens with zero attached hydrogens (tertiary/aromatic N) is 1. The van der Waals surface area contributed by atoms with Gasteiger partial charge in [-0.2, -0.15) is 0 Å². The van der Waals surface area contributed by atoms with Crippen molar-refractivity contribution in [1.29, 1.82) is 0 Å². The summed E-state index contributed by atoms with van der Waals surface area (Å²) in [6.07, 6.45) is 0. The fraction of sp³-hybridized carbons (Fsp3) is 0.0833. The van der Waals surface area contributed by atoms with E-state index in [2.05, 4.69) is 4.99 Å². The van der Waals surface area contributed by atoms with Crippen molar-refractivity contribution in [3.05, 3.63) is 52.2 Å². The molecule has 0 amide bonds. The standard InChI is InChI=1S/C12H13N3S.ClH/c13-8-9-3-1-4-10(7-9)15-12(14)11-5-2-6-16-11;/h1-7H,8,13H2,(H2,14,15);1H. The smallest absolute Gasteiger partial charge is 0.141 e. The summed E-state index contributed by atoms with van der Waals surface area (Å²) in [4.78, 5) is 5.34. The maximum atomic E-state index is 5.89. The van der Waals surface area contributed by atoms with Crippen LogP contribution in [-0.2, 0) is 6.54 Å². The maximum Gasteiger partial charge on any atom is 0.141 e. The van der Waals surface area contributed by atoms with Crippen LogP contribution in [0.25, 0.3) is 0 Å². The summed E-state index contributed by atoms with van der Waals surface area (Å²) in [5, 5.41) is 1.98. The lowest BCUT2D eigenvalue weighted by Crippen LogP contribution is -2.10. The molecule has 0 aliphatic heterocycles. The number of rotatable bonds is 3. The quantitative estimate of drug-likeness (QED) is 0.663. The molecule has 17 heavy (non-hydrogen) atoms. The van der Waals surface area contributed by atoms with Crippen LogP contribution in [0.2, 0.25) is 0 Å². The van der Waals surface area contributed by atoms with Gasteiger partial charge in [0.2, 0.25) is 0 Å². The molecule has 0 fully saturated rings. The van der Waals surface area contributed by atoms with Crippen LogP contribution in [0.1, 0.15) is 10.4 Å². The van der Waals surface area contributed by atoms with Crippen molar-refractivity contribution in [2.45, 2.75) is 6.54 Å². The van der Waals surface area contributed by atoms with Crippen molar-refractivity contribution in [3.8, 4) is 0 Å². The van der Waals surface area contributed by atoms with Gasteiger partial charge in [0, 0.05) is 6.54 Å². The lowest BCUT2D eigenvalue weighted by Gasteiger charge is -2.00. The summed E-state index contributed by atoms with van der Waals surface area (Å²) in [6.45, 7) is 0.516. The number of hydrogen-bond acceptors (Lipinski definition) is 3. The number of aliphatic imine (C=N–C) groups is 1. The molecule has 1 aromatic heterocycles. The first-order valence-electron chi connectivity index (χ1n) is 4.96. The van der Waals surface area contributed by atoms with E-state index in [-0.39, 0.29) is 12.4 Å². The van der Waals surface area contributed by atoms with Crippen LogP contribution in [0.4, 0.5) is 5.69 Å². The van der Waals surface area contributed by atoms with Gasteiger partial charge in [0.05, 0.1) is 10.6 Å². The van der Waals surface area contributed by atoms with Crippen LogP contribution < -0.4 is 11.5 Å².